The van der Waals surface area contributed by atoms with E-state index in [2.05, 4.69) is 19.2 Å². The minimum atomic E-state index is -1.80. The number of ether oxygens (including phenoxy) is 3. The summed E-state index contributed by atoms with van der Waals surface area (Å²) in [6.07, 6.45) is 3.22. The number of halogens is 2. The van der Waals surface area contributed by atoms with E-state index in [0.29, 0.717) is 15.6 Å². The lowest BCUT2D eigenvalue weighted by molar-refractivity contribution is -0.267. The number of Topliss-reactive ketones (excluding diaryl/α,β-unsaturated/α-hetero) is 2. The summed E-state index contributed by atoms with van der Waals surface area (Å²) in [6.45, 7) is 4.67. The van der Waals surface area contributed by atoms with Crippen molar-refractivity contribution >= 4 is 70.8 Å². The molecule has 0 aromatic heterocycles. The molecule has 1 aliphatic rings. The lowest BCUT2D eigenvalue weighted by atomic mass is 9.98. The number of aldehydes is 1. The maximum Gasteiger partial charge on any atom is 0.376 e. The summed E-state index contributed by atoms with van der Waals surface area (Å²) in [5, 5.41) is 9.53. The number of ketones is 3. The summed E-state index contributed by atoms with van der Waals surface area (Å²) >= 11 is 11.2. The quantitative estimate of drug-likeness (QED) is 0.0575. The molecular formula is C30H28Cl2O13. The van der Waals surface area contributed by atoms with Crippen LogP contribution in [0.15, 0.2) is 66.3 Å². The van der Waals surface area contributed by atoms with Gasteiger partial charge in [-0.3, -0.25) is 24.1 Å². The van der Waals surface area contributed by atoms with Gasteiger partial charge in [0.25, 0.3) is 17.3 Å². The fraction of sp³-hybridized carbons (Fsp3) is 0.233. The molecule has 0 atom stereocenters. The summed E-state index contributed by atoms with van der Waals surface area (Å²) in [5.41, 5.74) is 1.38. The Morgan fingerprint density at radius 1 is 0.778 bits per heavy atom. The first-order valence-corrected chi connectivity index (χ1v) is 13.7. The van der Waals surface area contributed by atoms with Gasteiger partial charge in [-0.05, 0) is 56.7 Å². The smallest absolute Gasteiger partial charge is 0.376 e. The Labute approximate surface area is 267 Å². The number of hydrogen-bond donors (Lipinski definition) is 1. The number of hydrogen-bond acceptors (Lipinski definition) is 12. The zero-order chi connectivity index (χ0) is 33.9. The summed E-state index contributed by atoms with van der Waals surface area (Å²) in [4.78, 5) is 87.0. The molecule has 2 aromatic carbocycles. The SMILES string of the molecule is CCOOC1=C(C(C(=O)C(=O)OCC)C(=O)C(=O)OCC)O1.O=C(O)C(=O)/C=C\c1ccc(Cl)cc1.O=Cc1ccc(Cl)cc1. The van der Waals surface area contributed by atoms with Crippen molar-refractivity contribution in [2.75, 3.05) is 19.8 Å². The van der Waals surface area contributed by atoms with Crippen LogP contribution in [-0.4, -0.2) is 66.5 Å². The van der Waals surface area contributed by atoms with Crippen molar-refractivity contribution in [2.45, 2.75) is 20.8 Å². The van der Waals surface area contributed by atoms with Crippen molar-refractivity contribution in [1.82, 2.24) is 0 Å². The van der Waals surface area contributed by atoms with Gasteiger partial charge in [0.05, 0.1) is 19.8 Å². The molecule has 0 unspecified atom stereocenters. The van der Waals surface area contributed by atoms with Gasteiger partial charge in [-0.15, -0.1) is 0 Å². The van der Waals surface area contributed by atoms with Crippen LogP contribution in [0.2, 0.25) is 10.0 Å². The van der Waals surface area contributed by atoms with Crippen molar-refractivity contribution in [2.24, 2.45) is 5.92 Å². The van der Waals surface area contributed by atoms with Gasteiger partial charge < -0.3 is 19.3 Å². The molecular weight excluding hydrogens is 639 g/mol. The molecule has 0 aliphatic carbocycles. The van der Waals surface area contributed by atoms with Crippen LogP contribution in [0.25, 0.3) is 6.08 Å². The van der Waals surface area contributed by atoms with Gasteiger partial charge in [0.2, 0.25) is 5.76 Å². The Morgan fingerprint density at radius 2 is 1.24 bits per heavy atom. The van der Waals surface area contributed by atoms with E-state index in [-0.39, 0.29) is 31.5 Å². The Kier molecular flexibility index (Phi) is 17.1. The zero-order valence-corrected chi connectivity index (χ0v) is 25.7. The minimum absolute atomic E-state index is 0.0624. The Bertz CT molecular complexity index is 1400. The fourth-order valence-corrected chi connectivity index (χ4v) is 3.03. The molecule has 1 heterocycles. The molecule has 13 nitrogen and oxygen atoms in total. The maximum absolute atomic E-state index is 12.0. The molecule has 0 bridgehead atoms. The van der Waals surface area contributed by atoms with Gasteiger partial charge in [0.15, 0.2) is 5.92 Å². The summed E-state index contributed by atoms with van der Waals surface area (Å²) in [5.74, 6) is -9.74. The van der Waals surface area contributed by atoms with E-state index in [0.717, 1.165) is 17.9 Å². The number of rotatable bonds is 14. The average molecular weight is 667 g/mol. The van der Waals surface area contributed by atoms with Crippen LogP contribution >= 0.6 is 23.2 Å². The largest absolute Gasteiger partial charge is 0.475 e. The van der Waals surface area contributed by atoms with Crippen LogP contribution in [0.1, 0.15) is 36.7 Å². The topological polar surface area (TPSA) is 189 Å². The lowest BCUT2D eigenvalue weighted by Crippen LogP contribution is -2.36. The first-order chi connectivity index (χ1) is 21.4. The van der Waals surface area contributed by atoms with Crippen molar-refractivity contribution in [3.8, 4) is 0 Å². The molecule has 3 rings (SSSR count). The Morgan fingerprint density at radius 3 is 1.64 bits per heavy atom. The molecule has 240 valence electrons. The summed E-state index contributed by atoms with van der Waals surface area (Å²) < 4.78 is 13.9. The number of carboxylic acids is 1. The average Bonchev–Trinajstić information content (AvgIpc) is 3.79. The number of carboxylic acid groups (broad SMARTS) is 1. The highest BCUT2D eigenvalue weighted by molar-refractivity contribution is 6.48. The van der Waals surface area contributed by atoms with Gasteiger partial charge >= 0.3 is 23.9 Å². The van der Waals surface area contributed by atoms with E-state index in [1.807, 2.05) is 0 Å². The highest BCUT2D eigenvalue weighted by Crippen LogP contribution is 2.35. The number of esters is 2. The third kappa shape index (κ3) is 14.0. The van der Waals surface area contributed by atoms with E-state index < -0.39 is 41.2 Å². The Balaban J connectivity index is 0.000000373. The minimum Gasteiger partial charge on any atom is -0.475 e. The van der Waals surface area contributed by atoms with Crippen LogP contribution in [0.5, 0.6) is 0 Å². The lowest BCUT2D eigenvalue weighted by Gasteiger charge is -2.07. The molecule has 2 aromatic rings. The fourth-order valence-electron chi connectivity index (χ4n) is 2.78. The highest BCUT2D eigenvalue weighted by Gasteiger charge is 2.50. The third-order valence-electron chi connectivity index (χ3n) is 4.87. The molecule has 1 N–H and O–H groups in total. The van der Waals surface area contributed by atoms with Gasteiger partial charge in [-0.2, -0.15) is 4.89 Å². The van der Waals surface area contributed by atoms with Crippen LogP contribution in [-0.2, 0) is 52.8 Å². The van der Waals surface area contributed by atoms with Crippen LogP contribution < -0.4 is 0 Å². The van der Waals surface area contributed by atoms with Gasteiger partial charge in [-0.25, -0.2) is 14.4 Å². The molecule has 1 aliphatic heterocycles. The number of aliphatic carboxylic acids is 1. The molecule has 0 radical (unpaired) electrons. The van der Waals surface area contributed by atoms with Crippen molar-refractivity contribution in [3.05, 3.63) is 87.5 Å². The molecule has 0 spiro atoms. The number of carbonyl (C=O) groups is 7. The van der Waals surface area contributed by atoms with Gasteiger partial charge in [0, 0.05) is 15.6 Å². The first kappa shape index (κ1) is 38.2. The molecule has 0 saturated carbocycles. The normalized spacial score (nSPS) is 11.2. The predicted molar refractivity (Wildman–Crippen MR) is 158 cm³/mol. The summed E-state index contributed by atoms with van der Waals surface area (Å²) in [7, 11) is 0. The van der Waals surface area contributed by atoms with Crippen molar-refractivity contribution < 1.29 is 62.7 Å². The molecule has 15 heteroatoms. The van der Waals surface area contributed by atoms with Crippen molar-refractivity contribution in [3.63, 3.8) is 0 Å². The van der Waals surface area contributed by atoms with Crippen LogP contribution in [0.4, 0.5) is 0 Å². The van der Waals surface area contributed by atoms with Gasteiger partial charge in [-0.1, -0.05) is 53.5 Å². The van der Waals surface area contributed by atoms with Crippen molar-refractivity contribution in [1.29, 1.82) is 0 Å². The molecule has 0 fully saturated rings. The second-order valence-corrected chi connectivity index (χ2v) is 8.94. The predicted octanol–water partition coefficient (Wildman–Crippen LogP) is 4.19. The number of allylic oxidation sites excluding steroid dienone is 1. The maximum atomic E-state index is 12.0. The van der Waals surface area contributed by atoms with E-state index in [1.54, 1.807) is 55.5 Å². The van der Waals surface area contributed by atoms with Crippen LogP contribution in [0, 0.1) is 5.92 Å². The Hall–Kier alpha value is -4.85. The highest BCUT2D eigenvalue weighted by atomic mass is 35.5. The van der Waals surface area contributed by atoms with E-state index in [9.17, 15) is 33.6 Å². The second kappa shape index (κ2) is 20.2. The van der Waals surface area contributed by atoms with E-state index in [4.69, 9.17) is 33.0 Å². The third-order valence-corrected chi connectivity index (χ3v) is 5.37. The second-order valence-electron chi connectivity index (χ2n) is 8.07. The molecule has 0 saturated heterocycles. The number of benzene rings is 2. The van der Waals surface area contributed by atoms with E-state index >= 15 is 0 Å². The monoisotopic (exact) mass is 666 g/mol. The molecule has 0 amide bonds. The zero-order valence-electron chi connectivity index (χ0n) is 24.2. The first-order valence-electron chi connectivity index (χ1n) is 12.9. The van der Waals surface area contributed by atoms with Crippen LogP contribution in [0.3, 0.4) is 0 Å². The standard InChI is InChI=1S/C13H16O9.C10H7ClO3.C7H5ClO/c1-4-18-11(16)8(14)7(9(15)12(17)19-5-2)10-13(21-10)22-20-6-3;11-8-4-1-7(2-5-8)3-6-9(12)10(13)14;8-7-3-1-6(5-9)2-4-7/h7H,4-6H2,1-3H3;1-6H,(H,13,14);1-5H/b;6-3-;. The van der Waals surface area contributed by atoms with E-state index in [1.165, 1.54) is 19.9 Å². The molecule has 45 heavy (non-hydrogen) atoms. The van der Waals surface area contributed by atoms with Gasteiger partial charge in [0.1, 0.15) is 6.29 Å². The summed E-state index contributed by atoms with van der Waals surface area (Å²) in [6, 6.07) is 13.4. The number of carbonyl (C=O) groups excluding carboxylic acids is 6.